The first-order valence-electron chi connectivity index (χ1n) is 9.25. The molecule has 1 unspecified atom stereocenters. The van der Waals surface area contributed by atoms with Crippen molar-refractivity contribution < 1.29 is 14.3 Å². The molecular formula is C20H31BrN2O3. The standard InChI is InChI=1S/C20H31BrN2O3/c1-14-11-17(12-15(2)18(14)21)25-10-9-23-8-6-7-16(13-23)22-19(24)26-20(3,4)5/h11-12,16H,6-10,13H2,1-5H3,(H,22,24). The van der Waals surface area contributed by atoms with E-state index in [-0.39, 0.29) is 12.1 Å². The van der Waals surface area contributed by atoms with Gasteiger partial charge in [0.05, 0.1) is 0 Å². The summed E-state index contributed by atoms with van der Waals surface area (Å²) in [6, 6.07) is 4.25. The lowest BCUT2D eigenvalue weighted by atomic mass is 10.1. The molecule has 1 atom stereocenters. The highest BCUT2D eigenvalue weighted by atomic mass is 79.9. The second-order valence-corrected chi connectivity index (χ2v) is 8.80. The van der Waals surface area contributed by atoms with Crippen molar-refractivity contribution in [2.75, 3.05) is 26.2 Å². The Morgan fingerprint density at radius 2 is 1.96 bits per heavy atom. The maximum Gasteiger partial charge on any atom is 0.407 e. The zero-order valence-electron chi connectivity index (χ0n) is 16.5. The molecule has 1 amide bonds. The molecule has 0 radical (unpaired) electrons. The van der Waals surface area contributed by atoms with Crippen LogP contribution in [0.15, 0.2) is 16.6 Å². The maximum atomic E-state index is 11.9. The molecule has 2 rings (SSSR count). The van der Waals surface area contributed by atoms with E-state index in [9.17, 15) is 4.79 Å². The minimum Gasteiger partial charge on any atom is -0.492 e. The van der Waals surface area contributed by atoms with Crippen molar-refractivity contribution in [3.05, 3.63) is 27.7 Å². The highest BCUT2D eigenvalue weighted by molar-refractivity contribution is 9.10. The number of benzene rings is 1. The SMILES string of the molecule is Cc1cc(OCCN2CCCC(NC(=O)OC(C)(C)C)C2)cc(C)c1Br. The first kappa shape index (κ1) is 21.0. The van der Waals surface area contributed by atoms with Crippen LogP contribution in [0.25, 0.3) is 0 Å². The lowest BCUT2D eigenvalue weighted by molar-refractivity contribution is 0.0469. The number of aryl methyl sites for hydroxylation is 2. The topological polar surface area (TPSA) is 50.8 Å². The monoisotopic (exact) mass is 426 g/mol. The van der Waals surface area contributed by atoms with Gasteiger partial charge >= 0.3 is 6.09 Å². The predicted octanol–water partition coefficient (Wildman–Crippen LogP) is 4.43. The van der Waals surface area contributed by atoms with E-state index in [0.717, 1.165) is 42.7 Å². The first-order chi connectivity index (χ1) is 12.1. The molecule has 6 heteroatoms. The Kier molecular flexibility index (Phi) is 7.35. The summed E-state index contributed by atoms with van der Waals surface area (Å²) in [7, 11) is 0. The molecule has 146 valence electrons. The summed E-state index contributed by atoms with van der Waals surface area (Å²) in [5.41, 5.74) is 1.90. The molecule has 1 aromatic carbocycles. The van der Waals surface area contributed by atoms with Gasteiger partial charge < -0.3 is 14.8 Å². The number of carbonyl (C=O) groups is 1. The first-order valence-corrected chi connectivity index (χ1v) is 10.0. The number of hydrogen-bond acceptors (Lipinski definition) is 4. The van der Waals surface area contributed by atoms with Crippen molar-refractivity contribution in [3.63, 3.8) is 0 Å². The lowest BCUT2D eigenvalue weighted by Gasteiger charge is -2.33. The smallest absolute Gasteiger partial charge is 0.407 e. The summed E-state index contributed by atoms with van der Waals surface area (Å²) >= 11 is 3.58. The summed E-state index contributed by atoms with van der Waals surface area (Å²) in [5, 5.41) is 2.99. The Balaban J connectivity index is 1.77. The molecule has 0 bridgehead atoms. The van der Waals surface area contributed by atoms with E-state index in [4.69, 9.17) is 9.47 Å². The highest BCUT2D eigenvalue weighted by Crippen LogP contribution is 2.26. The van der Waals surface area contributed by atoms with Crippen molar-refractivity contribution in [1.29, 1.82) is 0 Å². The molecule has 5 nitrogen and oxygen atoms in total. The number of nitrogens with zero attached hydrogens (tertiary/aromatic N) is 1. The van der Waals surface area contributed by atoms with Gasteiger partial charge in [-0.15, -0.1) is 0 Å². The van der Waals surface area contributed by atoms with Crippen LogP contribution in [-0.4, -0.2) is 48.9 Å². The fraction of sp³-hybridized carbons (Fsp3) is 0.650. The van der Waals surface area contributed by atoms with Crippen LogP contribution in [0.4, 0.5) is 4.79 Å². The summed E-state index contributed by atoms with van der Waals surface area (Å²) in [6.07, 6.45) is 1.72. The summed E-state index contributed by atoms with van der Waals surface area (Å²) in [6.45, 7) is 13.1. The van der Waals surface area contributed by atoms with Crippen molar-refractivity contribution in [2.45, 2.75) is 59.1 Å². The van der Waals surface area contributed by atoms with Crippen LogP contribution < -0.4 is 10.1 Å². The molecule has 0 spiro atoms. The number of hydrogen-bond donors (Lipinski definition) is 1. The van der Waals surface area contributed by atoms with Gasteiger partial charge in [-0.05, 0) is 77.3 Å². The average Bonchev–Trinajstić information content (AvgIpc) is 2.51. The van der Waals surface area contributed by atoms with E-state index >= 15 is 0 Å². The molecule has 1 N–H and O–H groups in total. The number of nitrogens with one attached hydrogen (secondary N) is 1. The van der Waals surface area contributed by atoms with E-state index in [1.807, 2.05) is 20.8 Å². The quantitative estimate of drug-likeness (QED) is 0.755. The molecule has 26 heavy (non-hydrogen) atoms. The van der Waals surface area contributed by atoms with Crippen molar-refractivity contribution in [3.8, 4) is 5.75 Å². The van der Waals surface area contributed by atoms with E-state index in [1.54, 1.807) is 0 Å². The molecule has 1 saturated heterocycles. The fourth-order valence-electron chi connectivity index (χ4n) is 3.13. The third-order valence-electron chi connectivity index (χ3n) is 4.31. The molecule has 1 fully saturated rings. The third-order valence-corrected chi connectivity index (χ3v) is 5.56. The molecule has 0 saturated carbocycles. The number of ether oxygens (including phenoxy) is 2. The molecular weight excluding hydrogens is 396 g/mol. The van der Waals surface area contributed by atoms with Crippen LogP contribution in [0, 0.1) is 13.8 Å². The third kappa shape index (κ3) is 6.80. The zero-order chi connectivity index (χ0) is 19.3. The number of halogens is 1. The van der Waals surface area contributed by atoms with Crippen LogP contribution in [0.3, 0.4) is 0 Å². The molecule has 1 aliphatic heterocycles. The number of likely N-dealkylation sites (tertiary alicyclic amines) is 1. The van der Waals surface area contributed by atoms with Crippen LogP contribution in [-0.2, 0) is 4.74 Å². The highest BCUT2D eigenvalue weighted by Gasteiger charge is 2.24. The van der Waals surface area contributed by atoms with Crippen molar-refractivity contribution in [1.82, 2.24) is 10.2 Å². The van der Waals surface area contributed by atoms with Crippen LogP contribution in [0.1, 0.15) is 44.7 Å². The van der Waals surface area contributed by atoms with Gasteiger partial charge in [-0.25, -0.2) is 4.79 Å². The molecule has 1 aliphatic rings. The summed E-state index contributed by atoms with van der Waals surface area (Å²) < 4.78 is 12.4. The zero-order valence-corrected chi connectivity index (χ0v) is 18.1. The number of carbonyl (C=O) groups excluding carboxylic acids is 1. The Bertz CT molecular complexity index is 605. The Morgan fingerprint density at radius 1 is 1.31 bits per heavy atom. The van der Waals surface area contributed by atoms with Gasteiger partial charge in [0.1, 0.15) is 18.0 Å². The van der Waals surface area contributed by atoms with E-state index in [0.29, 0.717) is 6.61 Å². The number of alkyl carbamates (subject to hydrolysis) is 1. The van der Waals surface area contributed by atoms with E-state index in [1.165, 1.54) is 11.1 Å². The van der Waals surface area contributed by atoms with Gasteiger partial charge in [-0.2, -0.15) is 0 Å². The van der Waals surface area contributed by atoms with Gasteiger partial charge in [-0.3, -0.25) is 4.90 Å². The number of piperidine rings is 1. The van der Waals surface area contributed by atoms with Gasteiger partial charge in [0.15, 0.2) is 0 Å². The van der Waals surface area contributed by atoms with Gasteiger partial charge in [0, 0.05) is 23.6 Å². The minimum absolute atomic E-state index is 0.135. The molecule has 0 aromatic heterocycles. The fourth-order valence-corrected chi connectivity index (χ4v) is 3.36. The van der Waals surface area contributed by atoms with Gasteiger partial charge in [0.2, 0.25) is 0 Å². The second-order valence-electron chi connectivity index (χ2n) is 8.01. The van der Waals surface area contributed by atoms with Gasteiger partial charge in [-0.1, -0.05) is 15.9 Å². The van der Waals surface area contributed by atoms with E-state index in [2.05, 4.69) is 52.1 Å². The van der Waals surface area contributed by atoms with Crippen LogP contribution >= 0.6 is 15.9 Å². The van der Waals surface area contributed by atoms with Gasteiger partial charge in [0.25, 0.3) is 0 Å². The number of rotatable bonds is 5. The largest absolute Gasteiger partial charge is 0.492 e. The molecule has 0 aliphatic carbocycles. The van der Waals surface area contributed by atoms with E-state index < -0.39 is 5.60 Å². The minimum atomic E-state index is -0.465. The van der Waals surface area contributed by atoms with Crippen LogP contribution in [0.5, 0.6) is 5.75 Å². The number of amides is 1. The molecule has 1 aromatic rings. The average molecular weight is 427 g/mol. The summed E-state index contributed by atoms with van der Waals surface area (Å²) in [5.74, 6) is 0.906. The predicted molar refractivity (Wildman–Crippen MR) is 108 cm³/mol. The van der Waals surface area contributed by atoms with Crippen LogP contribution in [0.2, 0.25) is 0 Å². The van der Waals surface area contributed by atoms with Crippen molar-refractivity contribution >= 4 is 22.0 Å². The molecule has 1 heterocycles. The Morgan fingerprint density at radius 3 is 2.58 bits per heavy atom. The Hall–Kier alpha value is -1.27. The lowest BCUT2D eigenvalue weighted by Crippen LogP contribution is -2.49. The van der Waals surface area contributed by atoms with Crippen molar-refractivity contribution in [2.24, 2.45) is 0 Å². The Labute approximate surface area is 165 Å². The second kappa shape index (κ2) is 9.09. The normalized spacial score (nSPS) is 18.5. The maximum absolute atomic E-state index is 11.9. The summed E-state index contributed by atoms with van der Waals surface area (Å²) in [4.78, 5) is 14.3.